The Kier molecular flexibility index (Phi) is 43.2. The average Bonchev–Trinajstić information content (AvgIpc) is 3.18. The molecule has 0 rings (SSSR count). The summed E-state index contributed by atoms with van der Waals surface area (Å²) in [5.41, 5.74) is 0. The van der Waals surface area contributed by atoms with Crippen LogP contribution in [0.2, 0.25) is 0 Å². The Balaban J connectivity index is 4.01. The van der Waals surface area contributed by atoms with Crippen molar-refractivity contribution in [3.63, 3.8) is 0 Å². The van der Waals surface area contributed by atoms with E-state index in [9.17, 15) is 14.4 Å². The summed E-state index contributed by atoms with van der Waals surface area (Å²) < 4.78 is 16.6. The van der Waals surface area contributed by atoms with Crippen LogP contribution in [0.4, 0.5) is 0 Å². The molecule has 0 aromatic heterocycles. The molecule has 0 bridgehead atoms. The lowest BCUT2D eigenvalue weighted by molar-refractivity contribution is -0.167. The van der Waals surface area contributed by atoms with Crippen molar-refractivity contribution in [1.29, 1.82) is 0 Å². The van der Waals surface area contributed by atoms with E-state index in [1.165, 1.54) is 167 Å². The summed E-state index contributed by atoms with van der Waals surface area (Å²) in [4.78, 5) is 37.5. The van der Waals surface area contributed by atoms with Crippen LogP contribution in [0, 0.1) is 5.92 Å². The summed E-state index contributed by atoms with van der Waals surface area (Å²) in [6.07, 6.45) is 45.6. The fraction of sp³-hybridized carbons (Fsp3) is 0.940. The zero-order valence-corrected chi connectivity index (χ0v) is 38.1. The van der Waals surface area contributed by atoms with Gasteiger partial charge in [-0.05, 0) is 25.2 Å². The number of rotatable bonds is 45. The molecule has 6 heteroatoms. The van der Waals surface area contributed by atoms with Crippen LogP contribution < -0.4 is 0 Å². The van der Waals surface area contributed by atoms with Gasteiger partial charge in [0.2, 0.25) is 0 Å². The maximum absolute atomic E-state index is 12.5. The number of carbonyl (C=O) groups excluding carboxylic acids is 3. The van der Waals surface area contributed by atoms with E-state index in [1.807, 2.05) is 0 Å². The third-order valence-electron chi connectivity index (χ3n) is 11.3. The van der Waals surface area contributed by atoms with E-state index in [2.05, 4.69) is 27.7 Å². The highest BCUT2D eigenvalue weighted by molar-refractivity contribution is 5.71. The molecule has 0 aromatic carbocycles. The van der Waals surface area contributed by atoms with Crippen LogP contribution in [0.5, 0.6) is 0 Å². The molecule has 0 aromatic rings. The molecule has 56 heavy (non-hydrogen) atoms. The molecule has 0 aliphatic carbocycles. The molecule has 6 nitrogen and oxygen atoms in total. The Morgan fingerprint density at radius 2 is 0.589 bits per heavy atom. The molecule has 1 atom stereocenters. The minimum atomic E-state index is -0.757. The summed E-state index contributed by atoms with van der Waals surface area (Å²) >= 11 is 0. The lowest BCUT2D eigenvalue weighted by atomic mass is 10.0. The molecule has 332 valence electrons. The Bertz CT molecular complexity index is 841. The van der Waals surface area contributed by atoms with Crippen LogP contribution in [-0.2, 0) is 28.6 Å². The van der Waals surface area contributed by atoms with Crippen LogP contribution in [0.3, 0.4) is 0 Å². The molecule has 0 radical (unpaired) electrons. The molecule has 0 aliphatic heterocycles. The summed E-state index contributed by atoms with van der Waals surface area (Å²) in [6.45, 7) is 8.95. The van der Waals surface area contributed by atoms with Crippen molar-refractivity contribution in [3.05, 3.63) is 0 Å². The molecule has 0 aliphatic rings. The van der Waals surface area contributed by atoms with Gasteiger partial charge in [0, 0.05) is 19.3 Å². The monoisotopic (exact) mass is 793 g/mol. The van der Waals surface area contributed by atoms with Crippen molar-refractivity contribution in [2.45, 2.75) is 284 Å². The topological polar surface area (TPSA) is 78.9 Å². The predicted molar refractivity (Wildman–Crippen MR) is 238 cm³/mol. The highest BCUT2D eigenvalue weighted by Gasteiger charge is 2.19. The fourth-order valence-corrected chi connectivity index (χ4v) is 7.51. The number of hydrogen-bond acceptors (Lipinski definition) is 6. The van der Waals surface area contributed by atoms with Crippen molar-refractivity contribution in [1.82, 2.24) is 0 Å². The van der Waals surface area contributed by atoms with Gasteiger partial charge in [-0.1, -0.05) is 240 Å². The fourth-order valence-electron chi connectivity index (χ4n) is 7.51. The smallest absolute Gasteiger partial charge is 0.306 e. The van der Waals surface area contributed by atoms with Gasteiger partial charge < -0.3 is 14.2 Å². The quantitative estimate of drug-likeness (QED) is 0.0347. The van der Waals surface area contributed by atoms with Gasteiger partial charge in [-0.15, -0.1) is 0 Å². The van der Waals surface area contributed by atoms with E-state index in [1.54, 1.807) is 0 Å². The van der Waals surface area contributed by atoms with Crippen molar-refractivity contribution in [2.75, 3.05) is 13.2 Å². The Hall–Kier alpha value is -1.59. The van der Waals surface area contributed by atoms with Crippen LogP contribution in [0.1, 0.15) is 278 Å². The Morgan fingerprint density at radius 1 is 0.339 bits per heavy atom. The highest BCUT2D eigenvalue weighted by Crippen LogP contribution is 2.17. The van der Waals surface area contributed by atoms with E-state index in [0.717, 1.165) is 70.1 Å². The third kappa shape index (κ3) is 43.5. The zero-order chi connectivity index (χ0) is 41.0. The number of ether oxygens (including phenoxy) is 3. The first-order valence-electron chi connectivity index (χ1n) is 24.9. The van der Waals surface area contributed by atoms with Gasteiger partial charge in [0.25, 0.3) is 0 Å². The lowest BCUT2D eigenvalue weighted by Crippen LogP contribution is -2.30. The van der Waals surface area contributed by atoms with Crippen LogP contribution in [-0.4, -0.2) is 37.2 Å². The molecule has 0 saturated heterocycles. The maximum atomic E-state index is 12.5. The van der Waals surface area contributed by atoms with E-state index in [4.69, 9.17) is 14.2 Å². The van der Waals surface area contributed by atoms with E-state index in [0.29, 0.717) is 19.3 Å². The number of hydrogen-bond donors (Lipinski definition) is 0. The van der Waals surface area contributed by atoms with Gasteiger partial charge in [0.15, 0.2) is 6.10 Å². The minimum Gasteiger partial charge on any atom is -0.462 e. The van der Waals surface area contributed by atoms with E-state index in [-0.39, 0.29) is 31.1 Å². The maximum Gasteiger partial charge on any atom is 0.306 e. The van der Waals surface area contributed by atoms with Crippen molar-refractivity contribution < 1.29 is 28.6 Å². The van der Waals surface area contributed by atoms with Gasteiger partial charge in [-0.3, -0.25) is 14.4 Å². The zero-order valence-electron chi connectivity index (χ0n) is 38.1. The van der Waals surface area contributed by atoms with E-state index >= 15 is 0 Å². The predicted octanol–water partition coefficient (Wildman–Crippen LogP) is 15.9. The molecule has 0 amide bonds. The molecule has 0 saturated carbocycles. The molecule has 0 spiro atoms. The summed E-state index contributed by atoms with van der Waals surface area (Å²) in [6, 6.07) is 0. The van der Waals surface area contributed by atoms with Gasteiger partial charge in [0.1, 0.15) is 13.2 Å². The lowest BCUT2D eigenvalue weighted by Gasteiger charge is -2.18. The SMILES string of the molecule is CCCCCCCCCCCCCCC(=O)OC[C@@H](COC(=O)CCCCCCCCCCCCCCCCCCCCC(C)C)OC(=O)CCCCCCC. The van der Waals surface area contributed by atoms with Crippen molar-refractivity contribution >= 4 is 17.9 Å². The number of carbonyl (C=O) groups is 3. The van der Waals surface area contributed by atoms with Crippen molar-refractivity contribution in [3.8, 4) is 0 Å². The number of esters is 3. The Morgan fingerprint density at radius 3 is 0.875 bits per heavy atom. The van der Waals surface area contributed by atoms with Gasteiger partial charge >= 0.3 is 17.9 Å². The van der Waals surface area contributed by atoms with Crippen LogP contribution in [0.25, 0.3) is 0 Å². The standard InChI is InChI=1S/C50H96O6/c1-5-7-9-11-12-13-14-24-27-30-34-37-41-48(51)54-44-47(56-50(53)43-39-32-10-8-6-2)45-55-49(52)42-38-35-31-28-25-22-20-18-16-15-17-19-21-23-26-29-33-36-40-46(3)4/h46-47H,5-45H2,1-4H3/t47-/m0/s1. The third-order valence-corrected chi connectivity index (χ3v) is 11.3. The second-order valence-corrected chi connectivity index (χ2v) is 17.6. The molecule has 0 unspecified atom stereocenters. The largest absolute Gasteiger partial charge is 0.462 e. The summed E-state index contributed by atoms with van der Waals surface area (Å²) in [5, 5.41) is 0. The minimum absolute atomic E-state index is 0.0645. The molecule has 0 N–H and O–H groups in total. The van der Waals surface area contributed by atoms with Gasteiger partial charge in [-0.2, -0.15) is 0 Å². The first-order chi connectivity index (χ1) is 27.4. The summed E-state index contributed by atoms with van der Waals surface area (Å²) in [5.74, 6) is -0.00444. The van der Waals surface area contributed by atoms with Crippen LogP contribution >= 0.6 is 0 Å². The molecular formula is C50H96O6. The normalized spacial score (nSPS) is 11.9. The Labute approximate surface area is 348 Å². The second kappa shape index (κ2) is 44.5. The first-order valence-corrected chi connectivity index (χ1v) is 24.9. The summed E-state index contributed by atoms with van der Waals surface area (Å²) in [7, 11) is 0. The average molecular weight is 793 g/mol. The van der Waals surface area contributed by atoms with Crippen molar-refractivity contribution in [2.24, 2.45) is 5.92 Å². The molecule has 0 heterocycles. The van der Waals surface area contributed by atoms with Gasteiger partial charge in [-0.25, -0.2) is 0 Å². The second-order valence-electron chi connectivity index (χ2n) is 17.6. The number of unbranched alkanes of at least 4 members (excludes halogenated alkanes) is 32. The van der Waals surface area contributed by atoms with Crippen LogP contribution in [0.15, 0.2) is 0 Å². The highest BCUT2D eigenvalue weighted by atomic mass is 16.6. The molecular weight excluding hydrogens is 697 g/mol. The van der Waals surface area contributed by atoms with E-state index < -0.39 is 6.10 Å². The molecule has 0 fully saturated rings. The first kappa shape index (κ1) is 54.4. The van der Waals surface area contributed by atoms with Gasteiger partial charge in [0.05, 0.1) is 0 Å².